The second-order valence-corrected chi connectivity index (χ2v) is 22.6. The average Bonchev–Trinajstić information content (AvgIpc) is 1.57. The highest BCUT2D eigenvalue weighted by atomic mass is 16.4. The van der Waals surface area contributed by atoms with E-state index in [9.17, 15) is 10.0 Å². The van der Waals surface area contributed by atoms with Gasteiger partial charge in [-0.2, -0.15) is 0 Å². The highest BCUT2D eigenvalue weighted by molar-refractivity contribution is 6.58. The molecule has 452 valence electrons. The summed E-state index contributed by atoms with van der Waals surface area (Å²) in [5, 5.41) is 27.9. The number of nitrogens with zero attached hydrogens (tertiary/aromatic N) is 4. The van der Waals surface area contributed by atoms with Crippen LogP contribution in [0.1, 0.15) is 20.4 Å². The lowest BCUT2D eigenvalue weighted by Crippen LogP contribution is -2.29. The Morgan fingerprint density at radius 3 is 0.957 bits per heavy atom. The van der Waals surface area contributed by atoms with Crippen LogP contribution in [0.2, 0.25) is 0 Å². The quantitative estimate of drug-likeness (QED) is 0.141. The average molecular weight is 1220 g/mol. The Labute approximate surface area is 542 Å². The first kappa shape index (κ1) is 59.6. The van der Waals surface area contributed by atoms with Crippen LogP contribution in [0.5, 0.6) is 0 Å². The molecule has 6 aromatic heterocycles. The van der Waals surface area contributed by atoms with Gasteiger partial charge in [0, 0.05) is 76.5 Å². The standard InChI is InChI=1S/C40H24N2O2.C22H17BN2O2.C19H12O2.2CH4/c1-3-12-25(13-4-1)33-24-34(42-40(41-33)26-14-5-2-6-15-26)27-16-11-17-28(22-27)37-38-31(29-18-7-9-20-35(29)43-38)23-32-30-19-8-10-21-36(30)44-39(32)37;26-23(27)19-13-7-12-18(14-19)21-15-20(16-8-3-1-4-9-16)24-22(25-21)17-10-5-2-6-11-17;1-11-18-14(12-6-2-4-8-16(12)20-18)10-15-13-7-3-5-9-17(13)21-19(11)15;;/h1-24H;1-15,26-27H;2-10H,1H3;2*1H4. The highest BCUT2D eigenvalue weighted by Crippen LogP contribution is 2.46. The van der Waals surface area contributed by atoms with Crippen molar-refractivity contribution in [1.29, 1.82) is 0 Å². The summed E-state index contributed by atoms with van der Waals surface area (Å²) >= 11 is 0. The molecule has 0 radical (unpaired) electrons. The van der Waals surface area contributed by atoms with Gasteiger partial charge in [-0.1, -0.05) is 251 Å². The predicted molar refractivity (Wildman–Crippen MR) is 386 cm³/mol. The van der Waals surface area contributed by atoms with E-state index in [0.717, 1.165) is 161 Å². The monoisotopic (exact) mass is 1220 g/mol. The van der Waals surface area contributed by atoms with E-state index < -0.39 is 7.12 Å². The van der Waals surface area contributed by atoms with Gasteiger partial charge in [-0.05, 0) is 78.1 Å². The number of para-hydroxylation sites is 4. The van der Waals surface area contributed by atoms with Crippen molar-refractivity contribution in [2.45, 2.75) is 21.8 Å². The van der Waals surface area contributed by atoms with Crippen LogP contribution in [0.4, 0.5) is 0 Å². The molecular formula is C83H61BN4O6. The van der Waals surface area contributed by atoms with Gasteiger partial charge < -0.3 is 27.7 Å². The normalized spacial score (nSPS) is 11.2. The van der Waals surface area contributed by atoms with Gasteiger partial charge in [0.15, 0.2) is 11.6 Å². The molecule has 0 aliphatic rings. The molecular weight excluding hydrogens is 1160 g/mol. The summed E-state index contributed by atoms with van der Waals surface area (Å²) in [7, 11) is -1.52. The summed E-state index contributed by atoms with van der Waals surface area (Å²) in [6.45, 7) is 2.06. The van der Waals surface area contributed by atoms with E-state index in [4.69, 9.17) is 37.6 Å². The predicted octanol–water partition coefficient (Wildman–Crippen LogP) is 21.2. The van der Waals surface area contributed by atoms with E-state index in [0.29, 0.717) is 17.1 Å². The van der Waals surface area contributed by atoms with E-state index in [1.807, 2.05) is 182 Å². The van der Waals surface area contributed by atoms with Crippen LogP contribution < -0.4 is 5.46 Å². The van der Waals surface area contributed by atoms with E-state index in [-0.39, 0.29) is 14.9 Å². The van der Waals surface area contributed by atoms with E-state index in [1.54, 1.807) is 18.2 Å². The van der Waals surface area contributed by atoms with Gasteiger partial charge in [0.1, 0.15) is 44.7 Å². The summed E-state index contributed by atoms with van der Waals surface area (Å²) in [6, 6.07) is 96.8. The molecule has 6 heterocycles. The molecule has 0 aliphatic carbocycles. The van der Waals surface area contributed by atoms with Crippen molar-refractivity contribution in [2.75, 3.05) is 0 Å². The summed E-state index contributed by atoms with van der Waals surface area (Å²) in [5.74, 6) is 1.31. The number of furan rings is 4. The molecule has 0 bridgehead atoms. The molecule has 0 saturated carbocycles. The first-order valence-electron chi connectivity index (χ1n) is 30.4. The Kier molecular flexibility index (Phi) is 16.1. The Morgan fingerprint density at radius 1 is 0.266 bits per heavy atom. The van der Waals surface area contributed by atoms with Crippen molar-refractivity contribution in [3.8, 4) is 78.9 Å². The van der Waals surface area contributed by atoms with Gasteiger partial charge in [0.2, 0.25) is 0 Å². The lowest BCUT2D eigenvalue weighted by atomic mass is 9.79. The Balaban J connectivity index is 0.000000131. The van der Waals surface area contributed by atoms with Crippen LogP contribution in [0.25, 0.3) is 167 Å². The number of fused-ring (bicyclic) bond motifs is 12. The van der Waals surface area contributed by atoms with Crippen LogP contribution in [0.3, 0.4) is 0 Å². The molecule has 11 heteroatoms. The summed E-state index contributed by atoms with van der Waals surface area (Å²) in [5.41, 5.74) is 19.4. The third-order valence-electron chi connectivity index (χ3n) is 16.8. The van der Waals surface area contributed by atoms with Crippen molar-refractivity contribution in [2.24, 2.45) is 0 Å². The molecule has 0 spiro atoms. The van der Waals surface area contributed by atoms with Crippen molar-refractivity contribution in [3.05, 3.63) is 297 Å². The van der Waals surface area contributed by atoms with Crippen LogP contribution in [-0.4, -0.2) is 37.1 Å². The zero-order chi connectivity index (χ0) is 61.7. The fourth-order valence-electron chi connectivity index (χ4n) is 12.3. The molecule has 18 rings (SSSR count). The third-order valence-corrected chi connectivity index (χ3v) is 16.8. The first-order chi connectivity index (χ1) is 45.3. The van der Waals surface area contributed by atoms with Gasteiger partial charge in [-0.15, -0.1) is 0 Å². The topological polar surface area (TPSA) is 145 Å². The molecule has 0 aliphatic heterocycles. The first-order valence-corrected chi connectivity index (χ1v) is 30.4. The Hall–Kier alpha value is -12.0. The van der Waals surface area contributed by atoms with Crippen LogP contribution >= 0.6 is 0 Å². The van der Waals surface area contributed by atoms with Crippen molar-refractivity contribution >= 4 is 100 Å². The lowest BCUT2D eigenvalue weighted by molar-refractivity contribution is 0.426. The second-order valence-electron chi connectivity index (χ2n) is 22.6. The summed E-state index contributed by atoms with van der Waals surface area (Å²) in [6.07, 6.45) is 0. The Morgan fingerprint density at radius 2 is 0.564 bits per heavy atom. The van der Waals surface area contributed by atoms with Crippen molar-refractivity contribution < 1.29 is 27.7 Å². The highest BCUT2D eigenvalue weighted by Gasteiger charge is 2.23. The number of hydrogen-bond acceptors (Lipinski definition) is 10. The minimum atomic E-state index is -1.52. The van der Waals surface area contributed by atoms with Gasteiger partial charge in [0.25, 0.3) is 0 Å². The maximum atomic E-state index is 9.48. The smallest absolute Gasteiger partial charge is 0.456 e. The maximum absolute atomic E-state index is 9.48. The SMILES string of the molecule is C.C.Cc1c2oc3ccccc3c2cc2c1oc1ccccc12.OB(O)c1cccc(-c2cc(-c3ccccc3)nc(-c3ccccc3)n2)c1.c1ccc(-c2cc(-c3cccc(-c4c5oc6ccccc6c5cc5c4oc4ccccc45)c3)nc(-c3ccccc3)n2)cc1. The Bertz CT molecular complexity index is 5470. The van der Waals surface area contributed by atoms with E-state index in [1.165, 1.54) is 0 Å². The largest absolute Gasteiger partial charge is 0.488 e. The van der Waals surface area contributed by atoms with Crippen LogP contribution in [-0.2, 0) is 0 Å². The summed E-state index contributed by atoms with van der Waals surface area (Å²) in [4.78, 5) is 19.5. The van der Waals surface area contributed by atoms with Crippen LogP contribution in [0, 0.1) is 6.92 Å². The maximum Gasteiger partial charge on any atom is 0.488 e. The van der Waals surface area contributed by atoms with Crippen molar-refractivity contribution in [3.63, 3.8) is 0 Å². The number of benzene rings is 12. The lowest BCUT2D eigenvalue weighted by Gasteiger charge is -2.11. The number of hydrogen-bond donors (Lipinski definition) is 2. The number of rotatable bonds is 8. The molecule has 0 atom stereocenters. The molecule has 0 unspecified atom stereocenters. The fraction of sp³-hybridized carbons (Fsp3) is 0.0361. The molecule has 10 nitrogen and oxygen atoms in total. The summed E-state index contributed by atoms with van der Waals surface area (Å²) < 4.78 is 25.2. The van der Waals surface area contributed by atoms with E-state index >= 15 is 0 Å². The molecule has 12 aromatic carbocycles. The molecule has 0 amide bonds. The number of aryl methyl sites for hydroxylation is 1. The van der Waals surface area contributed by atoms with E-state index in [2.05, 4.69) is 97.9 Å². The third kappa shape index (κ3) is 11.1. The van der Waals surface area contributed by atoms with Gasteiger partial charge in [-0.25, -0.2) is 19.9 Å². The minimum absolute atomic E-state index is 0. The molecule has 0 saturated heterocycles. The minimum Gasteiger partial charge on any atom is -0.456 e. The van der Waals surface area contributed by atoms with Crippen molar-refractivity contribution in [1.82, 2.24) is 19.9 Å². The molecule has 18 aromatic rings. The zero-order valence-corrected chi connectivity index (χ0v) is 49.6. The molecule has 94 heavy (non-hydrogen) atoms. The molecule has 2 N–H and O–H groups in total. The van der Waals surface area contributed by atoms with Gasteiger partial charge in [0.05, 0.1) is 28.3 Å². The molecule has 0 fully saturated rings. The second kappa shape index (κ2) is 25.3. The van der Waals surface area contributed by atoms with Gasteiger partial charge in [-0.3, -0.25) is 0 Å². The fourth-order valence-corrected chi connectivity index (χ4v) is 12.3. The van der Waals surface area contributed by atoms with Gasteiger partial charge >= 0.3 is 7.12 Å². The van der Waals surface area contributed by atoms with Crippen LogP contribution in [0.15, 0.2) is 309 Å². The zero-order valence-electron chi connectivity index (χ0n) is 49.6. The number of aromatic nitrogens is 4.